The second-order valence-corrected chi connectivity index (χ2v) is 2.23. The van der Waals surface area contributed by atoms with Crippen molar-refractivity contribution in [3.63, 3.8) is 0 Å². The smallest absolute Gasteiger partial charge is 0.0368 e. The van der Waals surface area contributed by atoms with Crippen molar-refractivity contribution in [2.75, 3.05) is 6.54 Å². The maximum Gasteiger partial charge on any atom is 0.0368 e. The molecule has 0 saturated heterocycles. The van der Waals surface area contributed by atoms with E-state index in [9.17, 15) is 0 Å². The number of nitrogens with one attached hydrogen (secondary N) is 2. The Morgan fingerprint density at radius 2 is 2.33 bits per heavy atom. The zero-order valence-electron chi connectivity index (χ0n) is 6.07. The molecule has 0 fully saturated rings. The van der Waals surface area contributed by atoms with Crippen LogP contribution in [0.4, 0.5) is 0 Å². The molecule has 0 aliphatic rings. The van der Waals surface area contributed by atoms with Gasteiger partial charge in [0.25, 0.3) is 0 Å². The van der Waals surface area contributed by atoms with E-state index in [2.05, 4.69) is 17.3 Å². The lowest BCUT2D eigenvalue weighted by atomic mass is 10.3. The standard InChI is InChI=1S/C6H15N3/c1-5(2)9-6(3)4-8-7/h6,8-9H,1,4,7H2,2-3H3. The van der Waals surface area contributed by atoms with Gasteiger partial charge in [-0.1, -0.05) is 6.58 Å². The lowest BCUT2D eigenvalue weighted by Gasteiger charge is -2.13. The highest BCUT2D eigenvalue weighted by Gasteiger charge is 1.95. The van der Waals surface area contributed by atoms with Crippen molar-refractivity contribution in [3.05, 3.63) is 12.3 Å². The summed E-state index contributed by atoms with van der Waals surface area (Å²) < 4.78 is 0. The molecule has 1 atom stereocenters. The molecule has 1 unspecified atom stereocenters. The summed E-state index contributed by atoms with van der Waals surface area (Å²) in [4.78, 5) is 0. The predicted molar refractivity (Wildman–Crippen MR) is 39.6 cm³/mol. The van der Waals surface area contributed by atoms with Gasteiger partial charge >= 0.3 is 0 Å². The first-order valence-corrected chi connectivity index (χ1v) is 3.02. The fourth-order valence-electron chi connectivity index (χ4n) is 0.648. The molecule has 54 valence electrons. The molecule has 4 N–H and O–H groups in total. The Hall–Kier alpha value is -0.540. The van der Waals surface area contributed by atoms with Crippen LogP contribution in [-0.4, -0.2) is 12.6 Å². The molecule has 3 nitrogen and oxygen atoms in total. The van der Waals surface area contributed by atoms with Crippen LogP contribution in [0.3, 0.4) is 0 Å². The van der Waals surface area contributed by atoms with E-state index in [0.29, 0.717) is 6.04 Å². The monoisotopic (exact) mass is 129 g/mol. The molecule has 9 heavy (non-hydrogen) atoms. The van der Waals surface area contributed by atoms with E-state index < -0.39 is 0 Å². The minimum Gasteiger partial charge on any atom is -0.385 e. The van der Waals surface area contributed by atoms with Gasteiger partial charge in [0.2, 0.25) is 0 Å². The fraction of sp³-hybridized carbons (Fsp3) is 0.667. The second-order valence-electron chi connectivity index (χ2n) is 2.23. The van der Waals surface area contributed by atoms with Gasteiger partial charge in [0.1, 0.15) is 0 Å². The number of hydrazine groups is 1. The van der Waals surface area contributed by atoms with Gasteiger partial charge in [0.15, 0.2) is 0 Å². The van der Waals surface area contributed by atoms with E-state index in [4.69, 9.17) is 5.84 Å². The normalized spacial score (nSPS) is 12.8. The van der Waals surface area contributed by atoms with Crippen LogP contribution >= 0.6 is 0 Å². The topological polar surface area (TPSA) is 50.1 Å². The van der Waals surface area contributed by atoms with E-state index in [1.54, 1.807) is 0 Å². The van der Waals surface area contributed by atoms with Crippen LogP contribution in [-0.2, 0) is 0 Å². The average Bonchev–Trinajstić information content (AvgIpc) is 1.63. The van der Waals surface area contributed by atoms with E-state index in [-0.39, 0.29) is 0 Å². The Labute approximate surface area is 56.3 Å². The van der Waals surface area contributed by atoms with Crippen LogP contribution in [0.25, 0.3) is 0 Å². The zero-order chi connectivity index (χ0) is 7.28. The molecular weight excluding hydrogens is 114 g/mol. The van der Waals surface area contributed by atoms with Gasteiger partial charge < -0.3 is 5.32 Å². The predicted octanol–water partition coefficient (Wildman–Crippen LogP) is -0.0386. The van der Waals surface area contributed by atoms with Gasteiger partial charge in [-0.3, -0.25) is 11.3 Å². The first kappa shape index (κ1) is 8.46. The van der Waals surface area contributed by atoms with E-state index in [1.165, 1.54) is 0 Å². The molecule has 0 aliphatic heterocycles. The van der Waals surface area contributed by atoms with Crippen molar-refractivity contribution in [3.8, 4) is 0 Å². The SMILES string of the molecule is C=C(C)NC(C)CNN. The molecule has 0 aliphatic carbocycles. The third kappa shape index (κ3) is 5.33. The highest BCUT2D eigenvalue weighted by atomic mass is 15.2. The summed E-state index contributed by atoms with van der Waals surface area (Å²) in [6.45, 7) is 8.41. The number of hydrogen-bond donors (Lipinski definition) is 3. The van der Waals surface area contributed by atoms with Crippen LogP contribution < -0.4 is 16.6 Å². The zero-order valence-corrected chi connectivity index (χ0v) is 6.07. The summed E-state index contributed by atoms with van der Waals surface area (Å²) in [5, 5.41) is 3.11. The van der Waals surface area contributed by atoms with Crippen molar-refractivity contribution in [1.82, 2.24) is 10.7 Å². The van der Waals surface area contributed by atoms with E-state index in [0.717, 1.165) is 12.2 Å². The molecule has 0 aromatic rings. The van der Waals surface area contributed by atoms with Crippen molar-refractivity contribution in [2.45, 2.75) is 19.9 Å². The first-order valence-electron chi connectivity index (χ1n) is 3.02. The summed E-state index contributed by atoms with van der Waals surface area (Å²) in [6, 6.07) is 0.354. The Bertz CT molecular complexity index is 90.3. The second kappa shape index (κ2) is 4.35. The number of allylic oxidation sites excluding steroid dienone is 1. The molecule has 0 aromatic heterocycles. The van der Waals surface area contributed by atoms with E-state index >= 15 is 0 Å². The summed E-state index contributed by atoms with van der Waals surface area (Å²) in [5.74, 6) is 5.09. The molecule has 0 bridgehead atoms. The van der Waals surface area contributed by atoms with Gasteiger partial charge in [0.05, 0.1) is 0 Å². The minimum atomic E-state index is 0.354. The van der Waals surface area contributed by atoms with Gasteiger partial charge in [0, 0.05) is 18.3 Å². The molecule has 0 amide bonds. The maximum absolute atomic E-state index is 5.09. The summed E-state index contributed by atoms with van der Waals surface area (Å²) in [6.07, 6.45) is 0. The van der Waals surface area contributed by atoms with Gasteiger partial charge in [-0.25, -0.2) is 0 Å². The molecular formula is C6H15N3. The van der Waals surface area contributed by atoms with Crippen molar-refractivity contribution in [1.29, 1.82) is 0 Å². The van der Waals surface area contributed by atoms with Crippen LogP contribution in [0.15, 0.2) is 12.3 Å². The highest BCUT2D eigenvalue weighted by Crippen LogP contribution is 1.83. The Kier molecular flexibility index (Phi) is 4.09. The van der Waals surface area contributed by atoms with Crippen LogP contribution in [0, 0.1) is 0 Å². The minimum absolute atomic E-state index is 0.354. The average molecular weight is 129 g/mol. The van der Waals surface area contributed by atoms with Crippen molar-refractivity contribution >= 4 is 0 Å². The molecule has 0 rings (SSSR count). The number of nitrogens with two attached hydrogens (primary N) is 1. The van der Waals surface area contributed by atoms with Crippen LogP contribution in [0.5, 0.6) is 0 Å². The fourth-order valence-corrected chi connectivity index (χ4v) is 0.648. The van der Waals surface area contributed by atoms with Crippen LogP contribution in [0.1, 0.15) is 13.8 Å². The largest absolute Gasteiger partial charge is 0.385 e. The Morgan fingerprint density at radius 3 is 2.67 bits per heavy atom. The number of rotatable bonds is 4. The Morgan fingerprint density at radius 1 is 1.78 bits per heavy atom. The van der Waals surface area contributed by atoms with Crippen molar-refractivity contribution in [2.24, 2.45) is 5.84 Å². The lowest BCUT2D eigenvalue weighted by Crippen LogP contribution is -2.38. The van der Waals surface area contributed by atoms with Gasteiger partial charge in [-0.05, 0) is 13.8 Å². The maximum atomic E-state index is 5.09. The molecule has 0 saturated carbocycles. The summed E-state index contributed by atoms with van der Waals surface area (Å²) in [5.41, 5.74) is 3.54. The van der Waals surface area contributed by atoms with Crippen LogP contribution in [0.2, 0.25) is 0 Å². The third-order valence-electron chi connectivity index (χ3n) is 0.917. The summed E-state index contributed by atoms with van der Waals surface area (Å²) in [7, 11) is 0. The summed E-state index contributed by atoms with van der Waals surface area (Å²) >= 11 is 0. The van der Waals surface area contributed by atoms with Gasteiger partial charge in [-0.2, -0.15) is 0 Å². The first-order chi connectivity index (χ1) is 4.16. The Balaban J connectivity index is 3.26. The highest BCUT2D eigenvalue weighted by molar-refractivity contribution is 4.87. The quantitative estimate of drug-likeness (QED) is 0.369. The molecule has 0 spiro atoms. The third-order valence-corrected chi connectivity index (χ3v) is 0.917. The molecule has 3 heteroatoms. The van der Waals surface area contributed by atoms with Gasteiger partial charge in [-0.15, -0.1) is 0 Å². The van der Waals surface area contributed by atoms with Crippen molar-refractivity contribution < 1.29 is 0 Å². The molecule has 0 radical (unpaired) electrons. The molecule has 0 aromatic carbocycles. The number of hydrogen-bond acceptors (Lipinski definition) is 3. The molecule has 0 heterocycles. The lowest BCUT2D eigenvalue weighted by molar-refractivity contribution is 0.556. The van der Waals surface area contributed by atoms with E-state index in [1.807, 2.05) is 13.8 Å².